The molecule has 1 aromatic carbocycles. The lowest BCUT2D eigenvalue weighted by atomic mass is 10.1. The Kier molecular flexibility index (Phi) is 6.97. The number of carbonyl (C=O) groups is 2. The molecule has 0 unspecified atom stereocenters. The Hall–Kier alpha value is -2.60. The van der Waals surface area contributed by atoms with Crippen LogP contribution < -0.4 is 4.74 Å². The zero-order chi connectivity index (χ0) is 19.1. The molecular weight excluding hydrogens is 334 g/mol. The molecule has 0 aliphatic carbocycles. The van der Waals surface area contributed by atoms with Crippen molar-refractivity contribution >= 4 is 11.8 Å². The molecule has 1 aromatic heterocycles. The highest BCUT2D eigenvalue weighted by molar-refractivity contribution is 5.98. The van der Waals surface area contributed by atoms with Gasteiger partial charge in [0.2, 0.25) is 5.78 Å². The van der Waals surface area contributed by atoms with Gasteiger partial charge in [0.1, 0.15) is 5.75 Å². The van der Waals surface area contributed by atoms with Crippen molar-refractivity contribution in [1.82, 2.24) is 4.57 Å². The van der Waals surface area contributed by atoms with Gasteiger partial charge >= 0.3 is 5.97 Å². The monoisotopic (exact) mass is 359 g/mol. The average Bonchev–Trinajstić information content (AvgIpc) is 2.94. The molecule has 0 radical (unpaired) electrons. The second kappa shape index (κ2) is 9.20. The summed E-state index contributed by atoms with van der Waals surface area (Å²) in [5.41, 5.74) is 3.09. The highest BCUT2D eigenvalue weighted by atomic mass is 16.5. The maximum Gasteiger partial charge on any atom is 0.337 e. The number of rotatable bonds is 9. The molecule has 0 atom stereocenters. The third kappa shape index (κ3) is 4.73. The molecule has 6 nitrogen and oxygen atoms in total. The molecule has 140 valence electrons. The van der Waals surface area contributed by atoms with Gasteiger partial charge in [-0.25, -0.2) is 4.79 Å². The number of ether oxygens (including phenoxy) is 3. The minimum atomic E-state index is -0.409. The van der Waals surface area contributed by atoms with E-state index in [0.29, 0.717) is 23.5 Å². The van der Waals surface area contributed by atoms with Gasteiger partial charge in [0, 0.05) is 37.2 Å². The van der Waals surface area contributed by atoms with Gasteiger partial charge in [0.15, 0.2) is 6.61 Å². The predicted molar refractivity (Wildman–Crippen MR) is 98.0 cm³/mol. The predicted octanol–water partition coefficient (Wildman–Crippen LogP) is 3.19. The third-order valence-electron chi connectivity index (χ3n) is 4.25. The second-order valence-corrected chi connectivity index (χ2v) is 6.01. The lowest BCUT2D eigenvalue weighted by Crippen LogP contribution is -2.13. The Labute approximate surface area is 153 Å². The van der Waals surface area contributed by atoms with Gasteiger partial charge in [-0.3, -0.25) is 4.79 Å². The average molecular weight is 359 g/mol. The summed E-state index contributed by atoms with van der Waals surface area (Å²) in [6.45, 7) is 5.38. The largest absolute Gasteiger partial charge is 0.485 e. The molecule has 0 saturated heterocycles. The zero-order valence-corrected chi connectivity index (χ0v) is 15.7. The maximum atomic E-state index is 12.5. The van der Waals surface area contributed by atoms with E-state index in [-0.39, 0.29) is 12.4 Å². The Morgan fingerprint density at radius 3 is 2.38 bits per heavy atom. The number of ketones is 1. The van der Waals surface area contributed by atoms with Gasteiger partial charge in [-0.2, -0.15) is 0 Å². The summed E-state index contributed by atoms with van der Waals surface area (Å²) in [5, 5.41) is 0. The van der Waals surface area contributed by atoms with E-state index in [9.17, 15) is 9.59 Å². The van der Waals surface area contributed by atoms with Gasteiger partial charge in [-0.05, 0) is 50.6 Å². The van der Waals surface area contributed by atoms with Gasteiger partial charge in [0.05, 0.1) is 12.7 Å². The fraction of sp³-hybridized carbons (Fsp3) is 0.400. The molecule has 0 bridgehead atoms. The van der Waals surface area contributed by atoms with Crippen LogP contribution in [0.25, 0.3) is 0 Å². The van der Waals surface area contributed by atoms with E-state index < -0.39 is 5.97 Å². The smallest absolute Gasteiger partial charge is 0.337 e. The molecule has 2 aromatic rings. The van der Waals surface area contributed by atoms with Crippen LogP contribution >= 0.6 is 0 Å². The zero-order valence-electron chi connectivity index (χ0n) is 15.7. The first-order chi connectivity index (χ1) is 12.5. The first kappa shape index (κ1) is 19.7. The minimum absolute atomic E-state index is 0.0556. The molecule has 2 rings (SSSR count). The lowest BCUT2D eigenvalue weighted by molar-refractivity contribution is 0.0600. The van der Waals surface area contributed by atoms with Crippen molar-refractivity contribution in [2.45, 2.75) is 26.8 Å². The first-order valence-corrected chi connectivity index (χ1v) is 8.48. The number of methoxy groups -OCH3 is 2. The summed E-state index contributed by atoms with van der Waals surface area (Å²) in [4.78, 5) is 23.9. The molecule has 0 N–H and O–H groups in total. The number of carbonyl (C=O) groups excluding carboxylic acids is 2. The summed E-state index contributed by atoms with van der Waals surface area (Å²) in [5.74, 6) is 0.0431. The molecule has 26 heavy (non-hydrogen) atoms. The van der Waals surface area contributed by atoms with Crippen molar-refractivity contribution in [2.75, 3.05) is 27.4 Å². The molecular formula is C20H25NO5. The molecule has 1 heterocycles. The number of hydrogen-bond acceptors (Lipinski definition) is 5. The van der Waals surface area contributed by atoms with E-state index in [0.717, 1.165) is 24.4 Å². The fourth-order valence-electron chi connectivity index (χ4n) is 2.83. The summed E-state index contributed by atoms with van der Waals surface area (Å²) in [6.07, 6.45) is 0.892. The van der Waals surface area contributed by atoms with E-state index in [1.807, 2.05) is 19.9 Å². The number of aromatic nitrogens is 1. The van der Waals surface area contributed by atoms with Crippen LogP contribution in [0.5, 0.6) is 5.75 Å². The molecule has 0 aliphatic rings. The quantitative estimate of drug-likeness (QED) is 0.391. The number of benzene rings is 1. The van der Waals surface area contributed by atoms with Crippen LogP contribution in [0.15, 0.2) is 30.3 Å². The fourth-order valence-corrected chi connectivity index (χ4v) is 2.83. The normalized spacial score (nSPS) is 10.6. The highest BCUT2D eigenvalue weighted by Gasteiger charge is 2.16. The number of Topliss-reactive ketones (excluding diaryl/α,β-unsaturated/α-hetero) is 1. The van der Waals surface area contributed by atoms with Crippen molar-refractivity contribution in [1.29, 1.82) is 0 Å². The number of hydrogen-bond donors (Lipinski definition) is 0. The van der Waals surface area contributed by atoms with E-state index in [1.165, 1.54) is 7.11 Å². The Morgan fingerprint density at radius 2 is 1.77 bits per heavy atom. The maximum absolute atomic E-state index is 12.5. The summed E-state index contributed by atoms with van der Waals surface area (Å²) >= 11 is 0. The minimum Gasteiger partial charge on any atom is -0.485 e. The molecule has 6 heteroatoms. The van der Waals surface area contributed by atoms with Crippen LogP contribution in [0, 0.1) is 13.8 Å². The van der Waals surface area contributed by atoms with Crippen LogP contribution in [0.3, 0.4) is 0 Å². The first-order valence-electron chi connectivity index (χ1n) is 8.48. The van der Waals surface area contributed by atoms with Crippen LogP contribution in [0.2, 0.25) is 0 Å². The Balaban J connectivity index is 1.99. The highest BCUT2D eigenvalue weighted by Crippen LogP contribution is 2.18. The van der Waals surface area contributed by atoms with E-state index >= 15 is 0 Å². The van der Waals surface area contributed by atoms with E-state index in [2.05, 4.69) is 9.30 Å². The lowest BCUT2D eigenvalue weighted by Gasteiger charge is -2.10. The standard InChI is InChI=1S/C20H25NO5/c1-14-12-18(15(2)21(14)10-5-11-24-3)19(22)13-26-17-8-6-16(7-9-17)20(23)25-4/h6-9,12H,5,10-11,13H2,1-4H3. The van der Waals surface area contributed by atoms with Crippen LogP contribution in [-0.2, 0) is 16.0 Å². The van der Waals surface area contributed by atoms with E-state index in [1.54, 1.807) is 31.4 Å². The second-order valence-electron chi connectivity index (χ2n) is 6.01. The molecule has 0 aliphatic heterocycles. The van der Waals surface area contributed by atoms with Crippen molar-refractivity contribution in [2.24, 2.45) is 0 Å². The van der Waals surface area contributed by atoms with Crippen molar-refractivity contribution < 1.29 is 23.8 Å². The molecule has 0 fully saturated rings. The van der Waals surface area contributed by atoms with Crippen LogP contribution in [0.4, 0.5) is 0 Å². The molecule has 0 spiro atoms. The summed E-state index contributed by atoms with van der Waals surface area (Å²) in [6, 6.07) is 8.40. The third-order valence-corrected chi connectivity index (χ3v) is 4.25. The van der Waals surface area contributed by atoms with Gasteiger partial charge in [-0.1, -0.05) is 0 Å². The van der Waals surface area contributed by atoms with Crippen LogP contribution in [0.1, 0.15) is 38.5 Å². The Morgan fingerprint density at radius 1 is 1.08 bits per heavy atom. The van der Waals surface area contributed by atoms with Gasteiger partial charge < -0.3 is 18.8 Å². The summed E-state index contributed by atoms with van der Waals surface area (Å²) < 4.78 is 17.4. The van der Waals surface area contributed by atoms with Gasteiger partial charge in [-0.15, -0.1) is 0 Å². The topological polar surface area (TPSA) is 66.8 Å². The van der Waals surface area contributed by atoms with Gasteiger partial charge in [0.25, 0.3) is 0 Å². The molecule has 0 amide bonds. The van der Waals surface area contributed by atoms with E-state index in [4.69, 9.17) is 9.47 Å². The van der Waals surface area contributed by atoms with Crippen molar-refractivity contribution in [3.8, 4) is 5.75 Å². The Bertz CT molecular complexity index is 761. The van der Waals surface area contributed by atoms with Crippen molar-refractivity contribution in [3.05, 3.63) is 52.8 Å². The molecule has 0 saturated carbocycles. The SMILES string of the molecule is COCCCn1c(C)cc(C(=O)COc2ccc(C(=O)OC)cc2)c1C. The number of esters is 1. The summed E-state index contributed by atoms with van der Waals surface area (Å²) in [7, 11) is 3.01. The number of aryl methyl sites for hydroxylation is 1. The number of nitrogens with zero attached hydrogens (tertiary/aromatic N) is 1. The van der Waals surface area contributed by atoms with Crippen molar-refractivity contribution in [3.63, 3.8) is 0 Å². The van der Waals surface area contributed by atoms with Crippen LogP contribution in [-0.4, -0.2) is 43.8 Å².